The SMILES string of the molecule is COCc1nnc(-c2ccc(OC)cc2)o1. The summed E-state index contributed by atoms with van der Waals surface area (Å²) in [6.45, 7) is 0.323. The van der Waals surface area contributed by atoms with Crippen molar-refractivity contribution >= 4 is 0 Å². The van der Waals surface area contributed by atoms with Crippen molar-refractivity contribution in [3.63, 3.8) is 0 Å². The summed E-state index contributed by atoms with van der Waals surface area (Å²) in [4.78, 5) is 0. The summed E-state index contributed by atoms with van der Waals surface area (Å²) < 4.78 is 15.4. The molecule has 0 amide bonds. The Kier molecular flexibility index (Phi) is 3.16. The summed E-state index contributed by atoms with van der Waals surface area (Å²) in [6, 6.07) is 7.41. The van der Waals surface area contributed by atoms with Crippen molar-refractivity contribution in [3.05, 3.63) is 30.2 Å². The standard InChI is InChI=1S/C11H12N2O3/c1-14-7-10-12-13-11(16-10)8-3-5-9(15-2)6-4-8/h3-6H,7H2,1-2H3. The molecule has 5 nitrogen and oxygen atoms in total. The molecule has 1 heterocycles. The van der Waals surface area contributed by atoms with E-state index in [4.69, 9.17) is 13.9 Å². The molecule has 2 aromatic rings. The van der Waals surface area contributed by atoms with Crippen LogP contribution < -0.4 is 4.74 Å². The van der Waals surface area contributed by atoms with Crippen LogP contribution in [-0.4, -0.2) is 24.4 Å². The molecule has 0 fully saturated rings. The maximum absolute atomic E-state index is 5.40. The van der Waals surface area contributed by atoms with E-state index in [1.54, 1.807) is 14.2 Å². The lowest BCUT2D eigenvalue weighted by atomic mass is 10.2. The van der Waals surface area contributed by atoms with Gasteiger partial charge in [0.1, 0.15) is 12.4 Å². The number of methoxy groups -OCH3 is 2. The molecule has 84 valence electrons. The van der Waals surface area contributed by atoms with Gasteiger partial charge in [-0.05, 0) is 24.3 Å². The molecule has 0 spiro atoms. The Bertz CT molecular complexity index is 451. The van der Waals surface area contributed by atoms with Crippen LogP contribution in [0.4, 0.5) is 0 Å². The first kappa shape index (κ1) is 10.6. The van der Waals surface area contributed by atoms with E-state index in [0.29, 0.717) is 18.4 Å². The van der Waals surface area contributed by atoms with Gasteiger partial charge in [-0.25, -0.2) is 0 Å². The van der Waals surface area contributed by atoms with Crippen LogP contribution in [0.3, 0.4) is 0 Å². The second kappa shape index (κ2) is 4.76. The number of hydrogen-bond acceptors (Lipinski definition) is 5. The van der Waals surface area contributed by atoms with E-state index in [0.717, 1.165) is 11.3 Å². The lowest BCUT2D eigenvalue weighted by Crippen LogP contribution is -1.85. The Labute approximate surface area is 93.0 Å². The lowest BCUT2D eigenvalue weighted by Gasteiger charge is -1.99. The highest BCUT2D eigenvalue weighted by molar-refractivity contribution is 5.53. The second-order valence-corrected chi connectivity index (χ2v) is 3.16. The zero-order valence-electron chi connectivity index (χ0n) is 9.14. The third-order valence-corrected chi connectivity index (χ3v) is 2.07. The molecule has 0 radical (unpaired) electrons. The summed E-state index contributed by atoms with van der Waals surface area (Å²) >= 11 is 0. The molecule has 5 heteroatoms. The molecule has 0 aliphatic heterocycles. The van der Waals surface area contributed by atoms with Gasteiger partial charge in [0.05, 0.1) is 7.11 Å². The van der Waals surface area contributed by atoms with Crippen LogP contribution in [0.2, 0.25) is 0 Å². The van der Waals surface area contributed by atoms with Gasteiger partial charge in [-0.15, -0.1) is 10.2 Å². The predicted molar refractivity (Wildman–Crippen MR) is 57.0 cm³/mol. The molecule has 0 unspecified atom stereocenters. The fourth-order valence-corrected chi connectivity index (χ4v) is 1.29. The summed E-state index contributed by atoms with van der Waals surface area (Å²) in [6.07, 6.45) is 0. The van der Waals surface area contributed by atoms with Crippen LogP contribution in [0.5, 0.6) is 5.75 Å². The molecule has 0 N–H and O–H groups in total. The van der Waals surface area contributed by atoms with Crippen molar-refractivity contribution in [2.75, 3.05) is 14.2 Å². The number of aromatic nitrogens is 2. The minimum absolute atomic E-state index is 0.323. The zero-order valence-corrected chi connectivity index (χ0v) is 9.14. The normalized spacial score (nSPS) is 10.4. The van der Waals surface area contributed by atoms with Gasteiger partial charge in [-0.1, -0.05) is 0 Å². The Morgan fingerprint density at radius 2 is 1.88 bits per heavy atom. The van der Waals surface area contributed by atoms with Crippen molar-refractivity contribution in [2.45, 2.75) is 6.61 Å². The number of benzene rings is 1. The molecule has 1 aromatic carbocycles. The van der Waals surface area contributed by atoms with Gasteiger partial charge in [0.25, 0.3) is 0 Å². The first-order chi connectivity index (χ1) is 7.83. The Hall–Kier alpha value is -1.88. The van der Waals surface area contributed by atoms with Gasteiger partial charge in [0.15, 0.2) is 0 Å². The van der Waals surface area contributed by atoms with Crippen molar-refractivity contribution in [2.24, 2.45) is 0 Å². The quantitative estimate of drug-likeness (QED) is 0.787. The maximum Gasteiger partial charge on any atom is 0.247 e. The fourth-order valence-electron chi connectivity index (χ4n) is 1.29. The lowest BCUT2D eigenvalue weighted by molar-refractivity contribution is 0.160. The first-order valence-electron chi connectivity index (χ1n) is 4.79. The van der Waals surface area contributed by atoms with E-state index in [-0.39, 0.29) is 0 Å². The highest BCUT2D eigenvalue weighted by Gasteiger charge is 2.07. The average Bonchev–Trinajstić information content (AvgIpc) is 2.78. The Morgan fingerprint density at radius 1 is 1.12 bits per heavy atom. The fraction of sp³-hybridized carbons (Fsp3) is 0.273. The van der Waals surface area contributed by atoms with E-state index in [9.17, 15) is 0 Å². The topological polar surface area (TPSA) is 57.4 Å². The van der Waals surface area contributed by atoms with Crippen molar-refractivity contribution < 1.29 is 13.9 Å². The molecule has 1 aromatic heterocycles. The van der Waals surface area contributed by atoms with Crippen LogP contribution >= 0.6 is 0 Å². The van der Waals surface area contributed by atoms with Crippen LogP contribution in [0.15, 0.2) is 28.7 Å². The van der Waals surface area contributed by atoms with Crippen LogP contribution in [0.25, 0.3) is 11.5 Å². The third kappa shape index (κ3) is 2.20. The molecule has 0 aliphatic rings. The van der Waals surface area contributed by atoms with Gasteiger partial charge in [0.2, 0.25) is 11.8 Å². The highest BCUT2D eigenvalue weighted by atomic mass is 16.5. The van der Waals surface area contributed by atoms with Crippen molar-refractivity contribution in [1.82, 2.24) is 10.2 Å². The zero-order chi connectivity index (χ0) is 11.4. The molecule has 0 bridgehead atoms. The van der Waals surface area contributed by atoms with Gasteiger partial charge in [-0.2, -0.15) is 0 Å². The Morgan fingerprint density at radius 3 is 2.50 bits per heavy atom. The number of rotatable bonds is 4. The van der Waals surface area contributed by atoms with Gasteiger partial charge < -0.3 is 13.9 Å². The van der Waals surface area contributed by atoms with Gasteiger partial charge >= 0.3 is 0 Å². The first-order valence-corrected chi connectivity index (χ1v) is 4.79. The molecule has 2 rings (SSSR count). The van der Waals surface area contributed by atoms with E-state index in [1.807, 2.05) is 24.3 Å². The van der Waals surface area contributed by atoms with Crippen LogP contribution in [-0.2, 0) is 11.3 Å². The van der Waals surface area contributed by atoms with Crippen LogP contribution in [0, 0.1) is 0 Å². The predicted octanol–water partition coefficient (Wildman–Crippen LogP) is 1.89. The molecule has 0 saturated carbocycles. The smallest absolute Gasteiger partial charge is 0.247 e. The molecule has 0 atom stereocenters. The summed E-state index contributed by atoms with van der Waals surface area (Å²) in [5.41, 5.74) is 0.857. The van der Waals surface area contributed by atoms with E-state index < -0.39 is 0 Å². The molecule has 0 saturated heterocycles. The minimum atomic E-state index is 0.323. The second-order valence-electron chi connectivity index (χ2n) is 3.16. The maximum atomic E-state index is 5.40. The van der Waals surface area contributed by atoms with Crippen molar-refractivity contribution in [3.8, 4) is 17.2 Å². The van der Waals surface area contributed by atoms with Crippen LogP contribution in [0.1, 0.15) is 5.89 Å². The highest BCUT2D eigenvalue weighted by Crippen LogP contribution is 2.21. The van der Waals surface area contributed by atoms with Gasteiger partial charge in [-0.3, -0.25) is 0 Å². The number of nitrogens with zero attached hydrogens (tertiary/aromatic N) is 2. The molecular formula is C11H12N2O3. The third-order valence-electron chi connectivity index (χ3n) is 2.07. The molecular weight excluding hydrogens is 208 g/mol. The average molecular weight is 220 g/mol. The van der Waals surface area contributed by atoms with Crippen molar-refractivity contribution in [1.29, 1.82) is 0 Å². The molecule has 16 heavy (non-hydrogen) atoms. The Balaban J connectivity index is 2.21. The van der Waals surface area contributed by atoms with E-state index in [1.165, 1.54) is 0 Å². The van der Waals surface area contributed by atoms with E-state index >= 15 is 0 Å². The van der Waals surface area contributed by atoms with Gasteiger partial charge in [0, 0.05) is 12.7 Å². The number of hydrogen-bond donors (Lipinski definition) is 0. The monoisotopic (exact) mass is 220 g/mol. The minimum Gasteiger partial charge on any atom is -0.497 e. The number of ether oxygens (including phenoxy) is 2. The summed E-state index contributed by atoms with van der Waals surface area (Å²) in [5, 5.41) is 7.78. The summed E-state index contributed by atoms with van der Waals surface area (Å²) in [5.74, 6) is 1.74. The van der Waals surface area contributed by atoms with E-state index in [2.05, 4.69) is 10.2 Å². The molecule has 0 aliphatic carbocycles. The summed E-state index contributed by atoms with van der Waals surface area (Å²) in [7, 11) is 3.20. The largest absolute Gasteiger partial charge is 0.497 e.